The Morgan fingerprint density at radius 2 is 2.03 bits per heavy atom. The van der Waals surface area contributed by atoms with Crippen LogP contribution in [0.25, 0.3) is 0 Å². The van der Waals surface area contributed by atoms with Crippen molar-refractivity contribution in [3.8, 4) is 0 Å². The van der Waals surface area contributed by atoms with Crippen LogP contribution in [0.1, 0.15) is 70.6 Å². The molecule has 0 radical (unpaired) electrons. The van der Waals surface area contributed by atoms with Crippen molar-refractivity contribution in [2.45, 2.75) is 78.3 Å². The maximum atomic E-state index is 12.8. The summed E-state index contributed by atoms with van der Waals surface area (Å²) in [6.07, 6.45) is 8.58. The van der Waals surface area contributed by atoms with E-state index in [0.29, 0.717) is 18.4 Å². The van der Waals surface area contributed by atoms with Crippen LogP contribution >= 0.6 is 0 Å². The summed E-state index contributed by atoms with van der Waals surface area (Å²) < 4.78 is 15.7. The summed E-state index contributed by atoms with van der Waals surface area (Å²) in [5.74, 6) is 1.16. The average molecular weight is 446 g/mol. The summed E-state index contributed by atoms with van der Waals surface area (Å²) in [4.78, 5) is 24.4. The minimum Gasteiger partial charge on any atom is -0.469 e. The third kappa shape index (κ3) is 4.52. The Kier molecular flexibility index (Phi) is 7.53. The van der Waals surface area contributed by atoms with Gasteiger partial charge in [-0.15, -0.1) is 0 Å². The predicted octanol–water partition coefficient (Wildman–Crippen LogP) is 4.82. The van der Waals surface area contributed by atoms with Crippen molar-refractivity contribution in [3.05, 3.63) is 35.8 Å². The fourth-order valence-corrected chi connectivity index (χ4v) is 6.51. The first kappa shape index (κ1) is 24.6. The van der Waals surface area contributed by atoms with Crippen molar-refractivity contribution < 1.29 is 23.5 Å². The highest BCUT2D eigenvalue weighted by atomic mass is 16.5. The summed E-state index contributed by atoms with van der Waals surface area (Å²) in [6, 6.07) is 1.62. The number of carbonyl (C=O) groups is 2. The van der Waals surface area contributed by atoms with Crippen molar-refractivity contribution in [3.63, 3.8) is 0 Å². The van der Waals surface area contributed by atoms with E-state index in [1.807, 2.05) is 6.07 Å². The topological polar surface area (TPSA) is 77.8 Å². The Morgan fingerprint density at radius 1 is 1.28 bits per heavy atom. The van der Waals surface area contributed by atoms with Crippen molar-refractivity contribution >= 4 is 11.9 Å². The molecule has 3 rings (SSSR count). The Bertz CT molecular complexity index is 845. The van der Waals surface area contributed by atoms with Gasteiger partial charge in [0.15, 0.2) is 0 Å². The Morgan fingerprint density at radius 3 is 2.72 bits per heavy atom. The van der Waals surface area contributed by atoms with Gasteiger partial charge in [0.2, 0.25) is 0 Å². The van der Waals surface area contributed by atoms with Gasteiger partial charge >= 0.3 is 11.9 Å². The number of methoxy groups -OCH3 is 2. The van der Waals surface area contributed by atoms with E-state index in [2.05, 4.69) is 25.7 Å². The van der Waals surface area contributed by atoms with E-state index in [1.54, 1.807) is 13.2 Å². The zero-order chi connectivity index (χ0) is 23.5. The molecule has 0 spiro atoms. The van der Waals surface area contributed by atoms with Gasteiger partial charge in [-0.2, -0.15) is 0 Å². The van der Waals surface area contributed by atoms with Crippen molar-refractivity contribution in [2.24, 2.45) is 22.7 Å². The molecule has 6 nitrogen and oxygen atoms in total. The molecule has 0 aliphatic heterocycles. The fourth-order valence-electron chi connectivity index (χ4n) is 6.51. The van der Waals surface area contributed by atoms with Crippen LogP contribution in [0.15, 0.2) is 28.9 Å². The molecule has 0 bridgehead atoms. The molecule has 6 heteroatoms. The maximum absolute atomic E-state index is 12.8. The molecule has 1 N–H and O–H groups in total. The van der Waals surface area contributed by atoms with Gasteiger partial charge in [-0.3, -0.25) is 14.9 Å². The first-order valence-electron chi connectivity index (χ1n) is 11.8. The number of fused-ring (bicyclic) bond motifs is 1. The number of hydrogen-bond donors (Lipinski definition) is 1. The van der Waals surface area contributed by atoms with Crippen molar-refractivity contribution in [2.75, 3.05) is 14.2 Å². The maximum Gasteiger partial charge on any atom is 0.322 e. The van der Waals surface area contributed by atoms with Gasteiger partial charge in [0.25, 0.3) is 0 Å². The minimum absolute atomic E-state index is 0.0398. The van der Waals surface area contributed by atoms with E-state index < -0.39 is 11.5 Å². The van der Waals surface area contributed by atoms with Crippen LogP contribution in [0.4, 0.5) is 0 Å². The number of furan rings is 1. The van der Waals surface area contributed by atoms with Crippen LogP contribution in [0, 0.1) is 22.7 Å². The molecular weight excluding hydrogens is 406 g/mol. The largest absolute Gasteiger partial charge is 0.469 e. The highest BCUT2D eigenvalue weighted by Crippen LogP contribution is 2.62. The van der Waals surface area contributed by atoms with Gasteiger partial charge in [-0.1, -0.05) is 25.5 Å². The molecule has 2 saturated carbocycles. The molecule has 178 valence electrons. The van der Waals surface area contributed by atoms with Gasteiger partial charge in [-0.05, 0) is 81.3 Å². The third-order valence-corrected chi connectivity index (χ3v) is 8.33. The molecule has 32 heavy (non-hydrogen) atoms. The van der Waals surface area contributed by atoms with E-state index in [9.17, 15) is 9.59 Å². The molecule has 0 saturated heterocycles. The molecular formula is C26H39NO5. The minimum atomic E-state index is -0.421. The number of allylic oxidation sites excluding steroid dienone is 1. The fraction of sp³-hybridized carbons (Fsp3) is 0.692. The standard InChI is InChI=1S/C26H39NO5/c1-17-8-11-22-25(3,13-7-14-26(22,4)24(29)31-6)20(17)10-9-19-12-15-32-21(19)16-27-18(2)23(28)30-5/h12,15,18,20,22,27H,1,7-11,13-14,16H2,2-6H3/t18-,20-,22+,25+,26+/m0/s1. The molecule has 2 aliphatic rings. The highest BCUT2D eigenvalue weighted by Gasteiger charge is 2.57. The second-order valence-corrected chi connectivity index (χ2v) is 10.1. The lowest BCUT2D eigenvalue weighted by Gasteiger charge is -2.57. The van der Waals surface area contributed by atoms with Crippen molar-refractivity contribution in [1.82, 2.24) is 5.32 Å². The van der Waals surface area contributed by atoms with Crippen LogP contribution in [0.3, 0.4) is 0 Å². The van der Waals surface area contributed by atoms with E-state index in [1.165, 1.54) is 19.8 Å². The van der Waals surface area contributed by atoms with Crippen LogP contribution in [0.5, 0.6) is 0 Å². The predicted molar refractivity (Wildman–Crippen MR) is 123 cm³/mol. The summed E-state index contributed by atoms with van der Waals surface area (Å²) in [5, 5.41) is 3.17. The molecule has 0 unspecified atom stereocenters. The van der Waals surface area contributed by atoms with Gasteiger partial charge in [0.05, 0.1) is 32.4 Å². The molecule has 1 aromatic rings. The lowest BCUT2D eigenvalue weighted by molar-refractivity contribution is -0.168. The first-order chi connectivity index (χ1) is 15.2. The average Bonchev–Trinajstić information content (AvgIpc) is 3.22. The van der Waals surface area contributed by atoms with Gasteiger partial charge in [0.1, 0.15) is 11.8 Å². The van der Waals surface area contributed by atoms with Crippen LogP contribution < -0.4 is 5.32 Å². The van der Waals surface area contributed by atoms with Crippen LogP contribution in [-0.4, -0.2) is 32.2 Å². The normalized spacial score (nSPS) is 31.0. The number of hydrogen-bond acceptors (Lipinski definition) is 6. The second kappa shape index (κ2) is 9.82. The molecule has 0 amide bonds. The monoisotopic (exact) mass is 445 g/mol. The van der Waals surface area contributed by atoms with E-state index in [4.69, 9.17) is 13.9 Å². The molecule has 1 heterocycles. The number of esters is 2. The Labute approximate surface area is 192 Å². The number of rotatable bonds is 8. The summed E-state index contributed by atoms with van der Waals surface area (Å²) in [7, 11) is 2.90. The molecule has 1 aromatic heterocycles. The zero-order valence-corrected chi connectivity index (χ0v) is 20.3. The molecule has 2 aliphatic carbocycles. The number of aryl methyl sites for hydroxylation is 1. The molecule has 0 aromatic carbocycles. The Hall–Kier alpha value is -2.08. The lowest BCUT2D eigenvalue weighted by Crippen LogP contribution is -2.53. The third-order valence-electron chi connectivity index (χ3n) is 8.33. The van der Waals surface area contributed by atoms with Crippen LogP contribution in [0.2, 0.25) is 0 Å². The van der Waals surface area contributed by atoms with E-state index in [0.717, 1.165) is 56.3 Å². The summed E-state index contributed by atoms with van der Waals surface area (Å²) in [5.41, 5.74) is 2.08. The van der Waals surface area contributed by atoms with Crippen LogP contribution in [-0.2, 0) is 32.0 Å². The molecule has 5 atom stereocenters. The smallest absolute Gasteiger partial charge is 0.322 e. The lowest BCUT2D eigenvalue weighted by atomic mass is 9.46. The quantitative estimate of drug-likeness (QED) is 0.457. The van der Waals surface area contributed by atoms with Gasteiger partial charge in [-0.25, -0.2) is 0 Å². The number of nitrogens with one attached hydrogen (secondary N) is 1. The zero-order valence-electron chi connectivity index (χ0n) is 20.3. The second-order valence-electron chi connectivity index (χ2n) is 10.1. The van der Waals surface area contributed by atoms with E-state index >= 15 is 0 Å². The van der Waals surface area contributed by atoms with Gasteiger partial charge < -0.3 is 13.9 Å². The van der Waals surface area contributed by atoms with E-state index in [-0.39, 0.29) is 17.4 Å². The number of ether oxygens (including phenoxy) is 2. The Balaban J connectivity index is 1.72. The first-order valence-corrected chi connectivity index (χ1v) is 11.8. The van der Waals surface area contributed by atoms with Gasteiger partial charge in [0, 0.05) is 0 Å². The van der Waals surface area contributed by atoms with Crippen molar-refractivity contribution in [1.29, 1.82) is 0 Å². The summed E-state index contributed by atoms with van der Waals surface area (Å²) in [6.45, 7) is 11.2. The summed E-state index contributed by atoms with van der Waals surface area (Å²) >= 11 is 0. The number of carbonyl (C=O) groups excluding carboxylic acids is 2. The highest BCUT2D eigenvalue weighted by molar-refractivity contribution is 5.77. The molecule has 2 fully saturated rings. The SMILES string of the molecule is C=C1CC[C@@H]2[C@](C)(CCC[C@@]2(C)C(=O)OC)[C@H]1CCc1ccoc1CN[C@@H](C)C(=O)OC.